The molecule has 2 unspecified atom stereocenters. The Bertz CT molecular complexity index is 233. The smallest absolute Gasteiger partial charge is 0.407 e. The SMILES string of the molecule is O=C(O)N1CC2CNCC(O)(C2)C1. The predicted molar refractivity (Wildman–Crippen MR) is 45.5 cm³/mol. The standard InChI is InChI=1S/C8H14N2O3/c11-7(12)10-3-6-1-8(13,5-10)4-9-2-6/h6,9,13H,1-5H2,(H,11,12). The second-order valence-corrected chi connectivity index (χ2v) is 4.09. The van der Waals surface area contributed by atoms with E-state index in [1.807, 2.05) is 0 Å². The van der Waals surface area contributed by atoms with Gasteiger partial charge >= 0.3 is 6.09 Å². The van der Waals surface area contributed by atoms with Crippen LogP contribution in [0.3, 0.4) is 0 Å². The summed E-state index contributed by atoms with van der Waals surface area (Å²) in [6.07, 6.45) is -0.200. The number of likely N-dealkylation sites (tertiary alicyclic amines) is 1. The van der Waals surface area contributed by atoms with Crippen molar-refractivity contribution in [3.8, 4) is 0 Å². The summed E-state index contributed by atoms with van der Waals surface area (Å²) in [7, 11) is 0. The molecule has 0 saturated carbocycles. The number of carbonyl (C=O) groups is 1. The number of hydrogen-bond acceptors (Lipinski definition) is 3. The molecule has 2 aliphatic rings. The van der Waals surface area contributed by atoms with Crippen molar-refractivity contribution in [2.75, 3.05) is 26.2 Å². The van der Waals surface area contributed by atoms with Crippen LogP contribution in [-0.4, -0.2) is 53.0 Å². The minimum Gasteiger partial charge on any atom is -0.465 e. The van der Waals surface area contributed by atoms with Crippen LogP contribution in [0.1, 0.15) is 6.42 Å². The molecular formula is C8H14N2O3. The third kappa shape index (κ3) is 1.62. The van der Waals surface area contributed by atoms with Crippen LogP contribution in [0.15, 0.2) is 0 Å². The summed E-state index contributed by atoms with van der Waals surface area (Å²) >= 11 is 0. The maximum Gasteiger partial charge on any atom is 0.407 e. The lowest BCUT2D eigenvalue weighted by atomic mass is 9.82. The summed E-state index contributed by atoms with van der Waals surface area (Å²) in [6, 6.07) is 0. The molecule has 0 aromatic rings. The summed E-state index contributed by atoms with van der Waals surface area (Å²) in [5.74, 6) is 0.267. The third-order valence-electron chi connectivity index (χ3n) is 2.79. The van der Waals surface area contributed by atoms with E-state index in [4.69, 9.17) is 5.11 Å². The van der Waals surface area contributed by atoms with Gasteiger partial charge in [0.15, 0.2) is 0 Å². The maximum absolute atomic E-state index is 10.7. The first-order valence-electron chi connectivity index (χ1n) is 4.50. The number of amides is 1. The van der Waals surface area contributed by atoms with Gasteiger partial charge in [0, 0.05) is 13.1 Å². The zero-order chi connectivity index (χ0) is 9.47. The van der Waals surface area contributed by atoms with Gasteiger partial charge in [-0.15, -0.1) is 0 Å². The van der Waals surface area contributed by atoms with E-state index in [-0.39, 0.29) is 12.5 Å². The summed E-state index contributed by atoms with van der Waals surface area (Å²) in [4.78, 5) is 12.0. The normalized spacial score (nSPS) is 38.8. The van der Waals surface area contributed by atoms with Crippen molar-refractivity contribution in [1.82, 2.24) is 10.2 Å². The van der Waals surface area contributed by atoms with E-state index in [0.717, 1.165) is 13.0 Å². The number of nitrogens with zero attached hydrogens (tertiary/aromatic N) is 1. The van der Waals surface area contributed by atoms with Crippen LogP contribution in [0.4, 0.5) is 4.79 Å². The lowest BCUT2D eigenvalue weighted by Gasteiger charge is -2.45. The predicted octanol–water partition coefficient (Wildman–Crippen LogP) is -0.679. The van der Waals surface area contributed by atoms with Crippen LogP contribution < -0.4 is 5.32 Å². The van der Waals surface area contributed by atoms with Crippen LogP contribution in [0.25, 0.3) is 0 Å². The van der Waals surface area contributed by atoms with Gasteiger partial charge in [0.25, 0.3) is 0 Å². The Morgan fingerprint density at radius 1 is 1.62 bits per heavy atom. The van der Waals surface area contributed by atoms with E-state index in [0.29, 0.717) is 13.1 Å². The van der Waals surface area contributed by atoms with Crippen LogP contribution in [0.5, 0.6) is 0 Å². The van der Waals surface area contributed by atoms with Crippen LogP contribution in [0, 0.1) is 5.92 Å². The highest BCUT2D eigenvalue weighted by molar-refractivity contribution is 5.65. The number of nitrogens with one attached hydrogen (secondary N) is 1. The molecule has 74 valence electrons. The number of β-amino-alcohol motifs (C(OH)–C–C–N with tert-alkyl or cyclic N) is 1. The average Bonchev–Trinajstić information content (AvgIpc) is 2.01. The first-order chi connectivity index (χ1) is 6.09. The molecule has 3 N–H and O–H groups in total. The fourth-order valence-corrected chi connectivity index (χ4v) is 2.32. The highest BCUT2D eigenvalue weighted by atomic mass is 16.4. The lowest BCUT2D eigenvalue weighted by molar-refractivity contribution is -0.0618. The molecule has 2 atom stereocenters. The molecule has 2 saturated heterocycles. The molecule has 5 nitrogen and oxygen atoms in total. The Hall–Kier alpha value is -0.810. The van der Waals surface area contributed by atoms with Crippen LogP contribution >= 0.6 is 0 Å². The Morgan fingerprint density at radius 3 is 3.00 bits per heavy atom. The van der Waals surface area contributed by atoms with Crippen molar-refractivity contribution in [2.24, 2.45) is 5.92 Å². The Morgan fingerprint density at radius 2 is 2.38 bits per heavy atom. The fraction of sp³-hybridized carbons (Fsp3) is 0.875. The molecule has 2 heterocycles. The number of carboxylic acid groups (broad SMARTS) is 1. The summed E-state index contributed by atoms with van der Waals surface area (Å²) in [5.41, 5.74) is -0.834. The van der Waals surface area contributed by atoms with Gasteiger partial charge in [-0.2, -0.15) is 0 Å². The summed E-state index contributed by atoms with van der Waals surface area (Å²) in [5, 5.41) is 21.9. The minimum atomic E-state index is -0.926. The lowest BCUT2D eigenvalue weighted by Crippen LogP contribution is -2.62. The highest BCUT2D eigenvalue weighted by Gasteiger charge is 2.42. The molecule has 0 aromatic heterocycles. The number of rotatable bonds is 0. The van der Waals surface area contributed by atoms with E-state index in [2.05, 4.69) is 5.32 Å². The van der Waals surface area contributed by atoms with E-state index in [1.54, 1.807) is 0 Å². The van der Waals surface area contributed by atoms with Gasteiger partial charge in [0.2, 0.25) is 0 Å². The molecular weight excluding hydrogens is 172 g/mol. The van der Waals surface area contributed by atoms with Crippen molar-refractivity contribution in [2.45, 2.75) is 12.0 Å². The van der Waals surface area contributed by atoms with Gasteiger partial charge in [-0.1, -0.05) is 0 Å². The van der Waals surface area contributed by atoms with Gasteiger partial charge in [0.05, 0.1) is 12.1 Å². The molecule has 0 spiro atoms. The molecule has 0 aromatic carbocycles. The number of fused-ring (bicyclic) bond motifs is 2. The Balaban J connectivity index is 2.11. The van der Waals surface area contributed by atoms with Crippen molar-refractivity contribution < 1.29 is 15.0 Å². The average molecular weight is 186 g/mol. The molecule has 0 radical (unpaired) electrons. The van der Waals surface area contributed by atoms with Crippen molar-refractivity contribution in [1.29, 1.82) is 0 Å². The Kier molecular flexibility index (Phi) is 1.92. The van der Waals surface area contributed by atoms with Crippen molar-refractivity contribution in [3.05, 3.63) is 0 Å². The van der Waals surface area contributed by atoms with Gasteiger partial charge in [-0.25, -0.2) is 4.79 Å². The summed E-state index contributed by atoms with van der Waals surface area (Å²) < 4.78 is 0. The minimum absolute atomic E-state index is 0.242. The maximum atomic E-state index is 10.7. The quantitative estimate of drug-likeness (QED) is 0.468. The molecule has 2 rings (SSSR count). The van der Waals surface area contributed by atoms with E-state index >= 15 is 0 Å². The third-order valence-corrected chi connectivity index (χ3v) is 2.79. The highest BCUT2D eigenvalue weighted by Crippen LogP contribution is 2.27. The van der Waals surface area contributed by atoms with E-state index in [9.17, 15) is 9.90 Å². The molecule has 2 aliphatic heterocycles. The van der Waals surface area contributed by atoms with E-state index in [1.165, 1.54) is 4.90 Å². The van der Waals surface area contributed by atoms with Gasteiger partial charge in [-0.3, -0.25) is 0 Å². The zero-order valence-corrected chi connectivity index (χ0v) is 7.36. The monoisotopic (exact) mass is 186 g/mol. The topological polar surface area (TPSA) is 72.8 Å². The second kappa shape index (κ2) is 2.85. The molecule has 2 bridgehead atoms. The zero-order valence-electron chi connectivity index (χ0n) is 7.36. The molecule has 1 amide bonds. The fourth-order valence-electron chi connectivity index (χ4n) is 2.32. The first-order valence-corrected chi connectivity index (χ1v) is 4.50. The number of aliphatic hydroxyl groups is 1. The first kappa shape index (κ1) is 8.77. The largest absolute Gasteiger partial charge is 0.465 e. The van der Waals surface area contributed by atoms with Gasteiger partial charge in [0.1, 0.15) is 0 Å². The number of hydrogen-bond donors (Lipinski definition) is 3. The molecule has 2 fully saturated rings. The van der Waals surface area contributed by atoms with E-state index < -0.39 is 11.7 Å². The molecule has 13 heavy (non-hydrogen) atoms. The van der Waals surface area contributed by atoms with Crippen LogP contribution in [0.2, 0.25) is 0 Å². The van der Waals surface area contributed by atoms with Gasteiger partial charge < -0.3 is 20.4 Å². The Labute approximate surface area is 76.3 Å². The van der Waals surface area contributed by atoms with Crippen LogP contribution in [-0.2, 0) is 0 Å². The van der Waals surface area contributed by atoms with Gasteiger partial charge in [-0.05, 0) is 18.9 Å². The van der Waals surface area contributed by atoms with Crippen molar-refractivity contribution >= 4 is 6.09 Å². The van der Waals surface area contributed by atoms with Crippen molar-refractivity contribution in [3.63, 3.8) is 0 Å². The summed E-state index contributed by atoms with van der Waals surface area (Å²) in [6.45, 7) is 2.11. The second-order valence-electron chi connectivity index (χ2n) is 4.09. The molecule has 5 heteroatoms. The molecule has 0 aliphatic carbocycles. The number of piperidine rings is 2.